The van der Waals surface area contributed by atoms with E-state index in [1.165, 1.54) is 4.72 Å². The van der Waals surface area contributed by atoms with Gasteiger partial charge in [0.2, 0.25) is 0 Å². The summed E-state index contributed by atoms with van der Waals surface area (Å²) in [6.45, 7) is 0.0522. The molecule has 6 nitrogen and oxygen atoms in total. The number of carbonyl (C=O) groups is 1. The topological polar surface area (TPSA) is 95.5 Å². The number of rotatable bonds is 6. The van der Waals surface area contributed by atoms with Crippen molar-refractivity contribution in [2.45, 2.75) is 5.92 Å². The minimum absolute atomic E-state index is 0.0522. The van der Waals surface area contributed by atoms with Crippen LogP contribution in [0.2, 0.25) is 0 Å². The number of nitrogens with one attached hydrogen (secondary N) is 2. The molecule has 1 amide bonds. The van der Waals surface area contributed by atoms with Gasteiger partial charge in [-0.25, -0.2) is 9.52 Å². The summed E-state index contributed by atoms with van der Waals surface area (Å²) in [5.74, 6) is -0.215. The van der Waals surface area contributed by atoms with E-state index >= 15 is 0 Å². The molecule has 0 aliphatic rings. The van der Waals surface area contributed by atoms with Gasteiger partial charge in [0.25, 0.3) is 0 Å². The Hall–Kier alpha value is -2.38. The highest BCUT2D eigenvalue weighted by atomic mass is 32.2. The van der Waals surface area contributed by atoms with Crippen LogP contribution in [0.25, 0.3) is 0 Å². The molecule has 0 radical (unpaired) electrons. The third-order valence-corrected chi connectivity index (χ3v) is 4.09. The van der Waals surface area contributed by atoms with Crippen molar-refractivity contribution in [3.63, 3.8) is 0 Å². The van der Waals surface area contributed by atoms with Crippen molar-refractivity contribution in [3.05, 3.63) is 71.8 Å². The number of carboxylic acid groups (broad SMARTS) is 1. The fraction of sp³-hybridized carbons (Fsp3) is 0.133. The molecule has 0 aliphatic carbocycles. The van der Waals surface area contributed by atoms with E-state index in [4.69, 9.17) is 5.11 Å². The molecule has 0 fully saturated rings. The van der Waals surface area contributed by atoms with Gasteiger partial charge in [0.1, 0.15) is 0 Å². The molecular formula is C15H16N2O4S. The summed E-state index contributed by atoms with van der Waals surface area (Å²) in [7, 11) is -4.09. The van der Waals surface area contributed by atoms with E-state index in [1.807, 2.05) is 60.7 Å². The number of hydrogen-bond acceptors (Lipinski definition) is 3. The van der Waals surface area contributed by atoms with Gasteiger partial charge in [-0.3, -0.25) is 0 Å². The highest BCUT2D eigenvalue weighted by Gasteiger charge is 2.19. The Kier molecular flexibility index (Phi) is 5.13. The molecule has 0 spiro atoms. The van der Waals surface area contributed by atoms with E-state index in [2.05, 4.69) is 4.72 Å². The summed E-state index contributed by atoms with van der Waals surface area (Å²) in [5.41, 5.74) is 1.87. The SMILES string of the molecule is O=C(O)NS(=O)(=O)NCC(c1ccccc1)c1ccccc1. The largest absolute Gasteiger partial charge is 0.464 e. The van der Waals surface area contributed by atoms with Crippen molar-refractivity contribution in [3.8, 4) is 0 Å². The quantitative estimate of drug-likeness (QED) is 0.758. The Balaban J connectivity index is 2.22. The molecule has 3 N–H and O–H groups in total. The van der Waals surface area contributed by atoms with Crippen LogP contribution < -0.4 is 9.44 Å². The van der Waals surface area contributed by atoms with E-state index < -0.39 is 16.3 Å². The summed E-state index contributed by atoms with van der Waals surface area (Å²) in [5, 5.41) is 8.52. The molecule has 0 unspecified atom stereocenters. The van der Waals surface area contributed by atoms with E-state index in [1.54, 1.807) is 0 Å². The second kappa shape index (κ2) is 7.06. The van der Waals surface area contributed by atoms with E-state index in [9.17, 15) is 13.2 Å². The first-order valence-electron chi connectivity index (χ1n) is 6.58. The molecule has 2 aromatic carbocycles. The Labute approximate surface area is 129 Å². The maximum absolute atomic E-state index is 11.6. The zero-order valence-electron chi connectivity index (χ0n) is 11.6. The van der Waals surface area contributed by atoms with Crippen LogP contribution in [0.5, 0.6) is 0 Å². The van der Waals surface area contributed by atoms with Crippen molar-refractivity contribution in [2.75, 3.05) is 6.54 Å². The lowest BCUT2D eigenvalue weighted by Gasteiger charge is -2.18. The van der Waals surface area contributed by atoms with Gasteiger partial charge >= 0.3 is 16.3 Å². The molecule has 0 saturated carbocycles. The minimum atomic E-state index is -4.09. The lowest BCUT2D eigenvalue weighted by atomic mass is 9.92. The zero-order valence-corrected chi connectivity index (χ0v) is 12.5. The van der Waals surface area contributed by atoms with Crippen LogP contribution >= 0.6 is 0 Å². The van der Waals surface area contributed by atoms with E-state index in [0.29, 0.717) is 0 Å². The van der Waals surface area contributed by atoms with Crippen molar-refractivity contribution in [1.82, 2.24) is 9.44 Å². The number of benzene rings is 2. The number of amides is 1. The molecule has 2 aromatic rings. The minimum Gasteiger partial charge on any atom is -0.464 e. The highest BCUT2D eigenvalue weighted by molar-refractivity contribution is 7.88. The van der Waals surface area contributed by atoms with Gasteiger partial charge in [0.15, 0.2) is 0 Å². The van der Waals surface area contributed by atoms with Crippen molar-refractivity contribution >= 4 is 16.3 Å². The molecule has 0 aromatic heterocycles. The summed E-state index contributed by atoms with van der Waals surface area (Å²) in [6, 6.07) is 18.8. The van der Waals surface area contributed by atoms with Gasteiger partial charge in [-0.15, -0.1) is 0 Å². The Morgan fingerprint density at radius 2 is 1.41 bits per heavy atom. The standard InChI is InChI=1S/C15H16N2O4S/c18-15(19)17-22(20,21)16-11-14(12-7-3-1-4-8-12)13-9-5-2-6-10-13/h1-10,14,16-17H,11H2,(H,18,19). The van der Waals surface area contributed by atoms with Crippen molar-refractivity contribution in [1.29, 1.82) is 0 Å². The molecule has 2 rings (SSSR count). The third-order valence-electron chi connectivity index (χ3n) is 3.10. The second-order valence-corrected chi connectivity index (χ2v) is 6.13. The smallest absolute Gasteiger partial charge is 0.419 e. The third kappa shape index (κ3) is 4.57. The Bertz CT molecular complexity index is 678. The summed E-state index contributed by atoms with van der Waals surface area (Å²) < 4.78 is 26.9. The predicted molar refractivity (Wildman–Crippen MR) is 82.8 cm³/mol. The van der Waals surface area contributed by atoms with Gasteiger partial charge in [-0.2, -0.15) is 13.1 Å². The van der Waals surface area contributed by atoms with Crippen LogP contribution in [0, 0.1) is 0 Å². The number of hydrogen-bond donors (Lipinski definition) is 3. The lowest BCUT2D eigenvalue weighted by Crippen LogP contribution is -2.41. The van der Waals surface area contributed by atoms with Gasteiger partial charge in [0, 0.05) is 12.5 Å². The summed E-state index contributed by atoms with van der Waals surface area (Å²) >= 11 is 0. The molecule has 22 heavy (non-hydrogen) atoms. The van der Waals surface area contributed by atoms with Crippen molar-refractivity contribution in [2.24, 2.45) is 0 Å². The zero-order chi connectivity index (χ0) is 16.0. The van der Waals surface area contributed by atoms with Crippen LogP contribution in [0.1, 0.15) is 17.0 Å². The average molecular weight is 320 g/mol. The van der Waals surface area contributed by atoms with Crippen LogP contribution in [0.3, 0.4) is 0 Å². The van der Waals surface area contributed by atoms with Crippen LogP contribution in [-0.4, -0.2) is 26.2 Å². The molecule has 0 atom stereocenters. The Morgan fingerprint density at radius 3 is 1.82 bits per heavy atom. The first kappa shape index (κ1) is 16.0. The normalized spacial score (nSPS) is 11.3. The molecule has 0 heterocycles. The molecule has 0 saturated heterocycles. The van der Waals surface area contributed by atoms with Gasteiger partial charge in [-0.1, -0.05) is 60.7 Å². The molecular weight excluding hydrogens is 304 g/mol. The Morgan fingerprint density at radius 1 is 0.955 bits per heavy atom. The second-order valence-electron chi connectivity index (χ2n) is 4.63. The molecule has 0 aliphatic heterocycles. The fourth-order valence-electron chi connectivity index (χ4n) is 2.14. The maximum Gasteiger partial charge on any atom is 0.419 e. The van der Waals surface area contributed by atoms with Crippen LogP contribution in [0.4, 0.5) is 4.79 Å². The molecule has 116 valence electrons. The van der Waals surface area contributed by atoms with Gasteiger partial charge in [0.05, 0.1) is 0 Å². The average Bonchev–Trinajstić information content (AvgIpc) is 2.48. The highest BCUT2D eigenvalue weighted by Crippen LogP contribution is 2.23. The van der Waals surface area contributed by atoms with Crippen LogP contribution in [-0.2, 0) is 10.2 Å². The maximum atomic E-state index is 11.6. The first-order valence-corrected chi connectivity index (χ1v) is 8.06. The lowest BCUT2D eigenvalue weighted by molar-refractivity contribution is 0.201. The van der Waals surface area contributed by atoms with Crippen LogP contribution in [0.15, 0.2) is 60.7 Å². The van der Waals surface area contributed by atoms with Gasteiger partial charge < -0.3 is 5.11 Å². The van der Waals surface area contributed by atoms with E-state index in [0.717, 1.165) is 11.1 Å². The summed E-state index contributed by atoms with van der Waals surface area (Å²) in [4.78, 5) is 10.5. The molecule has 0 bridgehead atoms. The monoisotopic (exact) mass is 320 g/mol. The van der Waals surface area contributed by atoms with Gasteiger partial charge in [-0.05, 0) is 11.1 Å². The first-order chi connectivity index (χ1) is 10.5. The fourth-order valence-corrected chi connectivity index (χ4v) is 2.83. The predicted octanol–water partition coefficient (Wildman–Crippen LogP) is 1.92. The molecule has 7 heteroatoms. The van der Waals surface area contributed by atoms with Crippen molar-refractivity contribution < 1.29 is 18.3 Å². The summed E-state index contributed by atoms with van der Waals surface area (Å²) in [6.07, 6.45) is -1.62. The van der Waals surface area contributed by atoms with E-state index in [-0.39, 0.29) is 12.5 Å².